The molecule has 0 atom stereocenters. The summed E-state index contributed by atoms with van der Waals surface area (Å²) in [5.74, 6) is -2.30. The van der Waals surface area contributed by atoms with E-state index in [-0.39, 0.29) is 11.0 Å². The van der Waals surface area contributed by atoms with Crippen molar-refractivity contribution in [1.82, 2.24) is 15.0 Å². The summed E-state index contributed by atoms with van der Waals surface area (Å²) in [6.45, 7) is 0. The van der Waals surface area contributed by atoms with E-state index in [0.717, 1.165) is 0 Å². The molecule has 0 unspecified atom stereocenters. The van der Waals surface area contributed by atoms with Gasteiger partial charge in [0.05, 0.1) is 47.1 Å². The Morgan fingerprint density at radius 2 is 1.32 bits per heavy atom. The van der Waals surface area contributed by atoms with Gasteiger partial charge >= 0.3 is 0 Å². The van der Waals surface area contributed by atoms with Crippen molar-refractivity contribution in [2.24, 2.45) is 7.05 Å². The van der Waals surface area contributed by atoms with E-state index in [2.05, 4.69) is 35.3 Å². The lowest BCUT2D eigenvalue weighted by Gasteiger charge is -2.18. The molecule has 0 saturated carbocycles. The highest BCUT2D eigenvalue weighted by molar-refractivity contribution is 6.06. The monoisotopic (exact) mass is 476 g/mol. The molecule has 0 aliphatic carbocycles. The van der Waals surface area contributed by atoms with Crippen LogP contribution in [0.4, 0.5) is 0 Å². The molecular weight excluding hydrogens is 460 g/mol. The third-order valence-electron chi connectivity index (χ3n) is 6.12. The average molecular weight is 477 g/mol. The van der Waals surface area contributed by atoms with Gasteiger partial charge in [0.2, 0.25) is 5.69 Å². The van der Waals surface area contributed by atoms with Gasteiger partial charge in [0.15, 0.2) is 23.7 Å². The molecule has 2 aromatic carbocycles. The van der Waals surface area contributed by atoms with E-state index in [1.165, 1.54) is 0 Å². The summed E-state index contributed by atoms with van der Waals surface area (Å²) in [6, 6.07) is 27.5. The molecule has 5 rings (SSSR count). The molecule has 171 valence electrons. The van der Waals surface area contributed by atoms with Crippen LogP contribution in [0.15, 0.2) is 67.0 Å². The van der Waals surface area contributed by atoms with Crippen LogP contribution in [-0.2, 0) is 7.05 Å². The standard InChI is InChI=1S/C29H16N8/c1-37-13-7-5-11-23(37)27-26(22-10-4-6-12-34-22)35-28-24(18(14-30)15-31)20-8-2-3-9-21(20)25(29(28)36-27)19(16-32)17-33/h2-10,12-13,18-19H,1H3/q+1. The van der Waals surface area contributed by atoms with Crippen LogP contribution in [0, 0.1) is 51.4 Å². The topological polar surface area (TPSA) is 138 Å². The summed E-state index contributed by atoms with van der Waals surface area (Å²) in [4.78, 5) is 14.4. The zero-order valence-corrected chi connectivity index (χ0v) is 19.6. The van der Waals surface area contributed by atoms with Crippen molar-refractivity contribution in [3.63, 3.8) is 0 Å². The van der Waals surface area contributed by atoms with E-state index in [1.807, 2.05) is 29.9 Å². The Morgan fingerprint density at radius 1 is 0.757 bits per heavy atom. The molecule has 0 aliphatic heterocycles. The Balaban J connectivity index is 2.08. The molecule has 5 aromatic rings. The lowest BCUT2D eigenvalue weighted by Crippen LogP contribution is -2.30. The van der Waals surface area contributed by atoms with Crippen molar-refractivity contribution < 1.29 is 4.57 Å². The van der Waals surface area contributed by atoms with Gasteiger partial charge in [0.1, 0.15) is 12.7 Å². The average Bonchev–Trinajstić information content (AvgIpc) is 2.95. The minimum absolute atomic E-state index is 0.278. The van der Waals surface area contributed by atoms with Crippen molar-refractivity contribution in [1.29, 1.82) is 21.0 Å². The largest absolute Gasteiger partial charge is 0.255 e. The number of rotatable bonds is 4. The Bertz CT molecular complexity index is 1820. The summed E-state index contributed by atoms with van der Waals surface area (Å²) in [5.41, 5.74) is 3.34. The third-order valence-corrected chi connectivity index (χ3v) is 6.12. The zero-order chi connectivity index (χ0) is 25.9. The van der Waals surface area contributed by atoms with Gasteiger partial charge in [-0.25, -0.2) is 9.97 Å². The predicted octanol–water partition coefficient (Wildman–Crippen LogP) is 4.40. The van der Waals surface area contributed by atoms with Gasteiger partial charge in [-0.05, 0) is 29.0 Å². The van der Waals surface area contributed by atoms with E-state index in [4.69, 9.17) is 9.97 Å². The highest BCUT2D eigenvalue weighted by atomic mass is 15.0. The van der Waals surface area contributed by atoms with E-state index in [0.29, 0.717) is 44.7 Å². The fraction of sp³-hybridized carbons (Fsp3) is 0.103. The van der Waals surface area contributed by atoms with Crippen molar-refractivity contribution in [2.45, 2.75) is 11.8 Å². The summed E-state index contributed by atoms with van der Waals surface area (Å²) >= 11 is 0. The number of nitriles is 4. The van der Waals surface area contributed by atoms with Crippen LogP contribution in [0.5, 0.6) is 0 Å². The van der Waals surface area contributed by atoms with Crippen LogP contribution in [0.25, 0.3) is 44.6 Å². The Hall–Kier alpha value is -5.70. The molecule has 8 heteroatoms. The predicted molar refractivity (Wildman–Crippen MR) is 134 cm³/mol. The normalized spacial score (nSPS) is 10.7. The molecule has 0 bridgehead atoms. The van der Waals surface area contributed by atoms with Crippen molar-refractivity contribution in [3.8, 4) is 47.1 Å². The van der Waals surface area contributed by atoms with Gasteiger partial charge in [0.25, 0.3) is 0 Å². The Morgan fingerprint density at radius 3 is 1.84 bits per heavy atom. The van der Waals surface area contributed by atoms with E-state index >= 15 is 0 Å². The van der Waals surface area contributed by atoms with Crippen LogP contribution in [0.2, 0.25) is 0 Å². The highest BCUT2D eigenvalue weighted by Crippen LogP contribution is 2.40. The molecule has 0 spiro atoms. The molecule has 37 heavy (non-hydrogen) atoms. The maximum atomic E-state index is 9.89. The van der Waals surface area contributed by atoms with Gasteiger partial charge in [-0.3, -0.25) is 4.98 Å². The molecule has 0 aliphatic rings. The summed E-state index contributed by atoms with van der Waals surface area (Å²) < 4.78 is 1.84. The number of aromatic nitrogens is 4. The Kier molecular flexibility index (Phi) is 5.93. The molecule has 1 radical (unpaired) electrons. The maximum Gasteiger partial charge on any atom is 0.241 e. The first-order chi connectivity index (χ1) is 18.1. The molecule has 3 heterocycles. The number of pyridine rings is 2. The molecule has 0 fully saturated rings. The molecule has 0 saturated heterocycles. The number of aryl methyl sites for hydroxylation is 1. The van der Waals surface area contributed by atoms with Crippen molar-refractivity contribution >= 4 is 21.8 Å². The van der Waals surface area contributed by atoms with Gasteiger partial charge in [-0.1, -0.05) is 30.3 Å². The van der Waals surface area contributed by atoms with Gasteiger partial charge in [0, 0.05) is 23.4 Å². The van der Waals surface area contributed by atoms with Crippen LogP contribution < -0.4 is 4.57 Å². The third kappa shape index (κ3) is 3.76. The minimum Gasteiger partial charge on any atom is -0.255 e. The first kappa shape index (κ1) is 23.1. The van der Waals surface area contributed by atoms with Gasteiger partial charge in [-0.15, -0.1) is 0 Å². The van der Waals surface area contributed by atoms with Gasteiger partial charge in [-0.2, -0.15) is 25.6 Å². The van der Waals surface area contributed by atoms with Crippen LogP contribution >= 0.6 is 0 Å². The summed E-state index contributed by atoms with van der Waals surface area (Å²) in [7, 11) is 1.85. The number of hydrogen-bond acceptors (Lipinski definition) is 7. The zero-order valence-electron chi connectivity index (χ0n) is 19.6. The lowest BCUT2D eigenvalue weighted by atomic mass is 9.86. The fourth-order valence-electron chi connectivity index (χ4n) is 4.48. The smallest absolute Gasteiger partial charge is 0.241 e. The van der Waals surface area contributed by atoms with Crippen LogP contribution in [0.1, 0.15) is 23.0 Å². The number of benzene rings is 2. The Labute approximate surface area is 212 Å². The van der Waals surface area contributed by atoms with Gasteiger partial charge < -0.3 is 0 Å². The second-order valence-corrected chi connectivity index (χ2v) is 8.20. The number of hydrogen-bond donors (Lipinski definition) is 0. The summed E-state index contributed by atoms with van der Waals surface area (Å²) in [5, 5.41) is 40.7. The summed E-state index contributed by atoms with van der Waals surface area (Å²) in [6.07, 6.45) is 3.49. The van der Waals surface area contributed by atoms with E-state index in [1.54, 1.807) is 48.7 Å². The van der Waals surface area contributed by atoms with E-state index in [9.17, 15) is 21.0 Å². The molecule has 3 aromatic heterocycles. The highest BCUT2D eigenvalue weighted by Gasteiger charge is 2.29. The number of fused-ring (bicyclic) bond motifs is 2. The lowest BCUT2D eigenvalue weighted by molar-refractivity contribution is -0.660. The first-order valence-electron chi connectivity index (χ1n) is 11.3. The maximum absolute atomic E-state index is 9.89. The number of nitrogens with zero attached hydrogens (tertiary/aromatic N) is 8. The van der Waals surface area contributed by atoms with Crippen molar-refractivity contribution in [3.05, 3.63) is 84.2 Å². The fourth-order valence-corrected chi connectivity index (χ4v) is 4.48. The molecule has 0 N–H and O–H groups in total. The van der Waals surface area contributed by atoms with E-state index < -0.39 is 11.8 Å². The quantitative estimate of drug-likeness (QED) is 0.277. The minimum atomic E-state index is -1.15. The molecular formula is C29H16N8+. The SMILES string of the molecule is C[n+]1ccc[c]c1-c1nc2c(C(C#N)C#N)c3ccccc3c(C(C#N)C#N)c2nc1-c1ccccn1. The molecule has 0 amide bonds. The van der Waals surface area contributed by atoms with Crippen LogP contribution in [0.3, 0.4) is 0 Å². The second kappa shape index (κ2) is 9.51. The first-order valence-corrected chi connectivity index (χ1v) is 11.3. The van der Waals surface area contributed by atoms with Crippen LogP contribution in [-0.4, -0.2) is 15.0 Å². The van der Waals surface area contributed by atoms with Crippen molar-refractivity contribution in [2.75, 3.05) is 0 Å². The second-order valence-electron chi connectivity index (χ2n) is 8.20. The molecule has 8 nitrogen and oxygen atoms in total.